The van der Waals surface area contributed by atoms with E-state index in [1.54, 1.807) is 6.21 Å². The summed E-state index contributed by atoms with van der Waals surface area (Å²) >= 11 is 0. The average Bonchev–Trinajstić information content (AvgIpc) is 2.75. The third kappa shape index (κ3) is 8.73. The standard InChI is InChI=1S/C23H44N4O2/c24-15-9-21(10-16-25-23(14-20-28)12-5-2-6-13-23)11-18-27(19-17-26-29)22-7-3-1-4-8-22/h17,20-22,25,29H,1-16,18-19,24H2. The molecule has 2 aliphatic carbocycles. The summed E-state index contributed by atoms with van der Waals surface area (Å²) in [6, 6.07) is 0.622. The second-order valence-corrected chi connectivity index (χ2v) is 9.24. The van der Waals surface area contributed by atoms with Gasteiger partial charge in [-0.3, -0.25) is 4.90 Å². The molecule has 1 atom stereocenters. The fraction of sp³-hybridized carbons (Fsp3) is 0.913. The van der Waals surface area contributed by atoms with Gasteiger partial charge in [-0.05, 0) is 70.5 Å². The van der Waals surface area contributed by atoms with Gasteiger partial charge in [-0.25, -0.2) is 0 Å². The van der Waals surface area contributed by atoms with Crippen LogP contribution in [0.25, 0.3) is 0 Å². The molecule has 2 saturated carbocycles. The Kier molecular flexibility index (Phi) is 11.8. The van der Waals surface area contributed by atoms with E-state index in [1.807, 2.05) is 0 Å². The SMILES string of the molecule is NCCC(CCNC1(CC=O)CCCCC1)CCN(CC=NO)C1CCCCC1. The van der Waals surface area contributed by atoms with Gasteiger partial charge in [-0.15, -0.1) is 5.16 Å². The van der Waals surface area contributed by atoms with Gasteiger partial charge in [-0.1, -0.05) is 38.5 Å². The average molecular weight is 409 g/mol. The zero-order valence-electron chi connectivity index (χ0n) is 18.4. The van der Waals surface area contributed by atoms with Gasteiger partial charge in [0.2, 0.25) is 0 Å². The minimum atomic E-state index is 0.0407. The zero-order chi connectivity index (χ0) is 20.8. The molecule has 0 aromatic heterocycles. The summed E-state index contributed by atoms with van der Waals surface area (Å²) in [5.41, 5.74) is 5.95. The van der Waals surface area contributed by atoms with Crippen molar-refractivity contribution in [3.63, 3.8) is 0 Å². The quantitative estimate of drug-likeness (QED) is 0.176. The number of rotatable bonds is 14. The minimum Gasteiger partial charge on any atom is -0.411 e. The number of carbonyl (C=O) groups excluding carboxylic acids is 1. The van der Waals surface area contributed by atoms with Crippen LogP contribution >= 0.6 is 0 Å². The molecule has 2 aliphatic rings. The van der Waals surface area contributed by atoms with Crippen molar-refractivity contribution in [2.75, 3.05) is 26.2 Å². The van der Waals surface area contributed by atoms with Crippen molar-refractivity contribution >= 4 is 12.5 Å². The molecule has 0 aliphatic heterocycles. The van der Waals surface area contributed by atoms with Crippen molar-refractivity contribution < 1.29 is 10.0 Å². The first-order valence-corrected chi connectivity index (χ1v) is 12.0. The van der Waals surface area contributed by atoms with Crippen LogP contribution in [0, 0.1) is 5.92 Å². The van der Waals surface area contributed by atoms with Gasteiger partial charge in [0.25, 0.3) is 0 Å². The van der Waals surface area contributed by atoms with Gasteiger partial charge in [0.15, 0.2) is 0 Å². The Balaban J connectivity index is 1.82. The van der Waals surface area contributed by atoms with E-state index >= 15 is 0 Å². The van der Waals surface area contributed by atoms with Crippen LogP contribution < -0.4 is 11.1 Å². The van der Waals surface area contributed by atoms with Crippen LogP contribution in [0.15, 0.2) is 5.16 Å². The molecule has 0 amide bonds. The highest BCUT2D eigenvalue weighted by atomic mass is 16.4. The zero-order valence-corrected chi connectivity index (χ0v) is 18.4. The maximum atomic E-state index is 11.2. The molecule has 29 heavy (non-hydrogen) atoms. The van der Waals surface area contributed by atoms with Gasteiger partial charge in [-0.2, -0.15) is 0 Å². The lowest BCUT2D eigenvalue weighted by molar-refractivity contribution is -0.109. The highest BCUT2D eigenvalue weighted by Gasteiger charge is 2.31. The van der Waals surface area contributed by atoms with E-state index in [9.17, 15) is 4.79 Å². The Morgan fingerprint density at radius 2 is 1.83 bits per heavy atom. The van der Waals surface area contributed by atoms with Crippen molar-refractivity contribution in [1.82, 2.24) is 10.2 Å². The van der Waals surface area contributed by atoms with Crippen LogP contribution in [0.5, 0.6) is 0 Å². The lowest BCUT2D eigenvalue weighted by Gasteiger charge is -2.38. The Morgan fingerprint density at radius 1 is 1.10 bits per heavy atom. The summed E-state index contributed by atoms with van der Waals surface area (Å²) < 4.78 is 0. The molecular weight excluding hydrogens is 364 g/mol. The lowest BCUT2D eigenvalue weighted by atomic mass is 9.79. The van der Waals surface area contributed by atoms with Crippen molar-refractivity contribution in [2.45, 2.75) is 101 Å². The van der Waals surface area contributed by atoms with Crippen LogP contribution in [0.4, 0.5) is 0 Å². The monoisotopic (exact) mass is 408 g/mol. The molecule has 0 saturated heterocycles. The summed E-state index contributed by atoms with van der Waals surface area (Å²) in [5, 5.41) is 15.9. The molecular formula is C23H44N4O2. The molecule has 0 bridgehead atoms. The topological polar surface area (TPSA) is 91.0 Å². The predicted octanol–water partition coefficient (Wildman–Crippen LogP) is 3.71. The van der Waals surface area contributed by atoms with Crippen LogP contribution in [0.2, 0.25) is 0 Å². The van der Waals surface area contributed by atoms with Crippen molar-refractivity contribution in [1.29, 1.82) is 0 Å². The highest BCUT2D eigenvalue weighted by Crippen LogP contribution is 2.31. The fourth-order valence-electron chi connectivity index (χ4n) is 5.41. The molecule has 168 valence electrons. The Morgan fingerprint density at radius 3 is 2.48 bits per heavy atom. The van der Waals surface area contributed by atoms with Crippen LogP contribution in [-0.4, -0.2) is 60.4 Å². The first-order chi connectivity index (χ1) is 14.2. The van der Waals surface area contributed by atoms with Gasteiger partial charge in [0.05, 0.1) is 6.21 Å². The van der Waals surface area contributed by atoms with E-state index in [0.717, 1.165) is 64.6 Å². The summed E-state index contributed by atoms with van der Waals surface area (Å²) in [4.78, 5) is 13.7. The molecule has 6 nitrogen and oxygen atoms in total. The number of oxime groups is 1. The summed E-state index contributed by atoms with van der Waals surface area (Å²) in [7, 11) is 0. The van der Waals surface area contributed by atoms with Crippen LogP contribution in [0.3, 0.4) is 0 Å². The number of nitrogens with one attached hydrogen (secondary N) is 1. The van der Waals surface area contributed by atoms with E-state index in [-0.39, 0.29) is 5.54 Å². The van der Waals surface area contributed by atoms with Crippen LogP contribution in [0.1, 0.15) is 89.9 Å². The van der Waals surface area contributed by atoms with Crippen molar-refractivity contribution in [3.8, 4) is 0 Å². The summed E-state index contributed by atoms with van der Waals surface area (Å²) in [6.07, 6.45) is 19.2. The van der Waals surface area contributed by atoms with Crippen LogP contribution in [-0.2, 0) is 4.79 Å². The molecule has 0 aromatic carbocycles. The molecule has 2 fully saturated rings. The molecule has 2 rings (SSSR count). The maximum Gasteiger partial charge on any atom is 0.121 e. The van der Waals surface area contributed by atoms with Gasteiger partial charge >= 0.3 is 0 Å². The number of hydrogen-bond acceptors (Lipinski definition) is 6. The van der Waals surface area contributed by atoms with Crippen molar-refractivity contribution in [2.24, 2.45) is 16.8 Å². The number of nitrogens with zero attached hydrogens (tertiary/aromatic N) is 2. The Hall–Kier alpha value is -0.980. The molecule has 0 radical (unpaired) electrons. The molecule has 0 spiro atoms. The first-order valence-electron chi connectivity index (χ1n) is 12.0. The third-order valence-corrected chi connectivity index (χ3v) is 7.23. The second kappa shape index (κ2) is 14.1. The number of aldehydes is 1. The normalized spacial score (nSPS) is 21.6. The minimum absolute atomic E-state index is 0.0407. The highest BCUT2D eigenvalue weighted by molar-refractivity contribution is 5.58. The van der Waals surface area contributed by atoms with E-state index in [1.165, 1.54) is 51.4 Å². The second-order valence-electron chi connectivity index (χ2n) is 9.24. The summed E-state index contributed by atoms with van der Waals surface area (Å²) in [5.74, 6) is 0.599. The van der Waals surface area contributed by atoms with Gasteiger partial charge in [0.1, 0.15) is 6.29 Å². The molecule has 4 N–H and O–H groups in total. The Labute approximate surface area is 177 Å². The molecule has 0 aromatic rings. The molecule has 6 heteroatoms. The number of nitrogens with two attached hydrogens (primary N) is 1. The van der Waals surface area contributed by atoms with E-state index in [2.05, 4.69) is 15.4 Å². The largest absolute Gasteiger partial charge is 0.411 e. The van der Waals surface area contributed by atoms with Crippen molar-refractivity contribution in [3.05, 3.63) is 0 Å². The summed E-state index contributed by atoms with van der Waals surface area (Å²) in [6.45, 7) is 3.48. The third-order valence-electron chi connectivity index (χ3n) is 7.23. The smallest absolute Gasteiger partial charge is 0.121 e. The van der Waals surface area contributed by atoms with E-state index < -0.39 is 0 Å². The number of carbonyl (C=O) groups is 1. The Bertz CT molecular complexity index is 460. The molecule has 0 heterocycles. The van der Waals surface area contributed by atoms with Gasteiger partial charge < -0.3 is 21.1 Å². The lowest BCUT2D eigenvalue weighted by Crippen LogP contribution is -2.47. The maximum absolute atomic E-state index is 11.2. The predicted molar refractivity (Wildman–Crippen MR) is 120 cm³/mol. The first kappa shape index (κ1) is 24.3. The van der Waals surface area contributed by atoms with E-state index in [4.69, 9.17) is 10.9 Å². The number of hydrogen-bond donors (Lipinski definition) is 3. The van der Waals surface area contributed by atoms with Gasteiger partial charge in [0, 0.05) is 24.5 Å². The van der Waals surface area contributed by atoms with E-state index in [0.29, 0.717) is 18.4 Å². The fourth-order valence-corrected chi connectivity index (χ4v) is 5.41. The molecule has 1 unspecified atom stereocenters.